The van der Waals surface area contributed by atoms with Crippen molar-refractivity contribution in [1.29, 1.82) is 0 Å². The molecule has 1 aromatic carbocycles. The molecule has 0 saturated carbocycles. The lowest BCUT2D eigenvalue weighted by atomic mass is 10.2. The minimum atomic E-state index is -0.551. The second-order valence-electron chi connectivity index (χ2n) is 3.52. The second-order valence-corrected chi connectivity index (χ2v) is 3.92. The van der Waals surface area contributed by atoms with Gasteiger partial charge in [0.15, 0.2) is 0 Å². The van der Waals surface area contributed by atoms with Crippen LogP contribution in [0.5, 0.6) is 0 Å². The number of pyridine rings is 1. The van der Waals surface area contributed by atoms with E-state index in [1.54, 1.807) is 12.1 Å². The van der Waals surface area contributed by atoms with Crippen LogP contribution in [0.15, 0.2) is 30.3 Å². The maximum Gasteiger partial charge on any atom is 0.276 e. The standard InChI is InChI=1S/C12H9ClN2O2/c1-7(16)14-12(17)11-6-9(13)8-4-2-3-5-10(8)15-11/h2-6H,1H3,(H,14,16,17). The molecule has 0 saturated heterocycles. The molecule has 0 spiro atoms. The van der Waals surface area contributed by atoms with E-state index in [1.807, 2.05) is 12.1 Å². The average Bonchev–Trinajstić information content (AvgIpc) is 2.28. The van der Waals surface area contributed by atoms with Gasteiger partial charge in [-0.3, -0.25) is 14.9 Å². The molecule has 1 N–H and O–H groups in total. The number of hydrogen-bond acceptors (Lipinski definition) is 3. The molecule has 2 amide bonds. The summed E-state index contributed by atoms with van der Waals surface area (Å²) >= 11 is 6.04. The van der Waals surface area contributed by atoms with Crippen molar-refractivity contribution in [2.24, 2.45) is 0 Å². The van der Waals surface area contributed by atoms with E-state index >= 15 is 0 Å². The van der Waals surface area contributed by atoms with Gasteiger partial charge in [0.2, 0.25) is 5.91 Å². The highest BCUT2D eigenvalue weighted by Gasteiger charge is 2.11. The molecule has 1 heterocycles. The topological polar surface area (TPSA) is 59.1 Å². The van der Waals surface area contributed by atoms with E-state index in [4.69, 9.17) is 11.6 Å². The Kier molecular flexibility index (Phi) is 3.06. The number of hydrogen-bond donors (Lipinski definition) is 1. The molecule has 4 nitrogen and oxygen atoms in total. The lowest BCUT2D eigenvalue weighted by Crippen LogP contribution is -2.28. The van der Waals surface area contributed by atoms with Crippen LogP contribution in [0, 0.1) is 0 Å². The summed E-state index contributed by atoms with van der Waals surface area (Å²) in [6.07, 6.45) is 0. The van der Waals surface area contributed by atoms with E-state index < -0.39 is 11.8 Å². The van der Waals surface area contributed by atoms with Crippen molar-refractivity contribution >= 4 is 34.3 Å². The normalized spacial score (nSPS) is 10.2. The van der Waals surface area contributed by atoms with Crippen molar-refractivity contribution in [3.8, 4) is 0 Å². The van der Waals surface area contributed by atoms with Crippen LogP contribution < -0.4 is 5.32 Å². The van der Waals surface area contributed by atoms with Gasteiger partial charge in [-0.25, -0.2) is 4.98 Å². The zero-order valence-electron chi connectivity index (χ0n) is 9.03. The van der Waals surface area contributed by atoms with Crippen LogP contribution in [0.25, 0.3) is 10.9 Å². The molecule has 1 aromatic heterocycles. The van der Waals surface area contributed by atoms with E-state index in [0.29, 0.717) is 10.5 Å². The fourth-order valence-corrected chi connectivity index (χ4v) is 1.74. The number of imide groups is 1. The molecule has 0 aliphatic carbocycles. The third kappa shape index (κ3) is 2.42. The van der Waals surface area contributed by atoms with Gasteiger partial charge in [-0.15, -0.1) is 0 Å². The van der Waals surface area contributed by atoms with Crippen molar-refractivity contribution in [1.82, 2.24) is 10.3 Å². The van der Waals surface area contributed by atoms with Crippen molar-refractivity contribution in [2.45, 2.75) is 6.92 Å². The Balaban J connectivity index is 2.50. The van der Waals surface area contributed by atoms with Gasteiger partial charge in [0.25, 0.3) is 5.91 Å². The van der Waals surface area contributed by atoms with Crippen molar-refractivity contribution in [2.75, 3.05) is 0 Å². The van der Waals surface area contributed by atoms with Crippen LogP contribution in [0.2, 0.25) is 5.02 Å². The molecule has 5 heteroatoms. The lowest BCUT2D eigenvalue weighted by Gasteiger charge is -2.04. The number of halogens is 1. The molecule has 0 bridgehead atoms. The van der Waals surface area contributed by atoms with E-state index in [1.165, 1.54) is 13.0 Å². The predicted molar refractivity (Wildman–Crippen MR) is 64.9 cm³/mol. The Morgan fingerprint density at radius 1 is 1.29 bits per heavy atom. The first-order valence-corrected chi connectivity index (χ1v) is 5.33. The van der Waals surface area contributed by atoms with Crippen LogP contribution in [0.4, 0.5) is 0 Å². The molecule has 0 aliphatic heterocycles. The minimum Gasteiger partial charge on any atom is -0.291 e. The van der Waals surface area contributed by atoms with E-state index in [-0.39, 0.29) is 5.69 Å². The smallest absolute Gasteiger partial charge is 0.276 e. The highest BCUT2D eigenvalue weighted by atomic mass is 35.5. The molecule has 0 aliphatic rings. The predicted octanol–water partition coefficient (Wildman–Crippen LogP) is 2.16. The third-order valence-electron chi connectivity index (χ3n) is 2.19. The first-order valence-electron chi connectivity index (χ1n) is 4.95. The Bertz CT molecular complexity index is 610. The monoisotopic (exact) mass is 248 g/mol. The average molecular weight is 249 g/mol. The molecular weight excluding hydrogens is 240 g/mol. The van der Waals surface area contributed by atoms with Gasteiger partial charge in [-0.05, 0) is 12.1 Å². The SMILES string of the molecule is CC(=O)NC(=O)c1cc(Cl)c2ccccc2n1. The largest absolute Gasteiger partial charge is 0.291 e. The summed E-state index contributed by atoms with van der Waals surface area (Å²) in [5.41, 5.74) is 0.748. The summed E-state index contributed by atoms with van der Waals surface area (Å²) in [6, 6.07) is 8.66. The van der Waals surface area contributed by atoms with Gasteiger partial charge in [-0.1, -0.05) is 29.8 Å². The van der Waals surface area contributed by atoms with Crippen LogP contribution in [-0.4, -0.2) is 16.8 Å². The quantitative estimate of drug-likeness (QED) is 0.841. The van der Waals surface area contributed by atoms with Crippen LogP contribution >= 0.6 is 11.6 Å². The number of benzene rings is 1. The fourth-order valence-electron chi connectivity index (χ4n) is 1.47. The summed E-state index contributed by atoms with van der Waals surface area (Å²) in [5, 5.41) is 3.36. The first kappa shape index (κ1) is 11.5. The number of rotatable bonds is 1. The summed E-state index contributed by atoms with van der Waals surface area (Å²) in [6.45, 7) is 1.26. The zero-order valence-corrected chi connectivity index (χ0v) is 9.78. The third-order valence-corrected chi connectivity index (χ3v) is 2.50. The highest BCUT2D eigenvalue weighted by molar-refractivity contribution is 6.35. The van der Waals surface area contributed by atoms with E-state index in [2.05, 4.69) is 10.3 Å². The number of carbonyl (C=O) groups excluding carboxylic acids is 2. The minimum absolute atomic E-state index is 0.129. The molecule has 0 fully saturated rings. The maximum atomic E-state index is 11.6. The molecule has 0 unspecified atom stereocenters. The van der Waals surface area contributed by atoms with Crippen molar-refractivity contribution < 1.29 is 9.59 Å². The number of carbonyl (C=O) groups is 2. The van der Waals surface area contributed by atoms with Gasteiger partial charge >= 0.3 is 0 Å². The molecule has 17 heavy (non-hydrogen) atoms. The second kappa shape index (κ2) is 4.51. The number of aromatic nitrogens is 1. The number of nitrogens with zero attached hydrogens (tertiary/aromatic N) is 1. The number of para-hydroxylation sites is 1. The summed E-state index contributed by atoms with van der Waals surface area (Å²) in [4.78, 5) is 26.5. The van der Waals surface area contributed by atoms with Gasteiger partial charge in [-0.2, -0.15) is 0 Å². The van der Waals surface area contributed by atoms with E-state index in [9.17, 15) is 9.59 Å². The Morgan fingerprint density at radius 3 is 2.71 bits per heavy atom. The highest BCUT2D eigenvalue weighted by Crippen LogP contribution is 2.22. The van der Waals surface area contributed by atoms with Crippen molar-refractivity contribution in [3.05, 3.63) is 41.0 Å². The molecular formula is C12H9ClN2O2. The molecule has 0 atom stereocenters. The summed E-state index contributed by atoms with van der Waals surface area (Å²) in [5.74, 6) is -0.980. The van der Waals surface area contributed by atoms with Gasteiger partial charge in [0.1, 0.15) is 5.69 Å². The van der Waals surface area contributed by atoms with Crippen LogP contribution in [0.3, 0.4) is 0 Å². The van der Waals surface area contributed by atoms with Crippen LogP contribution in [-0.2, 0) is 4.79 Å². The summed E-state index contributed by atoms with van der Waals surface area (Å²) in [7, 11) is 0. The molecule has 86 valence electrons. The molecule has 2 aromatic rings. The maximum absolute atomic E-state index is 11.6. The number of amides is 2. The zero-order chi connectivity index (χ0) is 12.4. The summed E-state index contributed by atoms with van der Waals surface area (Å²) < 4.78 is 0. The number of nitrogens with one attached hydrogen (secondary N) is 1. The molecule has 0 radical (unpaired) electrons. The van der Waals surface area contributed by atoms with Gasteiger partial charge in [0, 0.05) is 12.3 Å². The van der Waals surface area contributed by atoms with E-state index in [0.717, 1.165) is 5.39 Å². The Hall–Kier alpha value is -1.94. The van der Waals surface area contributed by atoms with Crippen LogP contribution in [0.1, 0.15) is 17.4 Å². The fraction of sp³-hybridized carbons (Fsp3) is 0.0833. The van der Waals surface area contributed by atoms with Gasteiger partial charge in [0.05, 0.1) is 10.5 Å². The Labute approximate surface area is 103 Å². The number of fused-ring (bicyclic) bond motifs is 1. The first-order chi connectivity index (χ1) is 8.08. The Morgan fingerprint density at radius 2 is 2.00 bits per heavy atom. The lowest BCUT2D eigenvalue weighted by molar-refractivity contribution is -0.118. The van der Waals surface area contributed by atoms with Crippen molar-refractivity contribution in [3.63, 3.8) is 0 Å². The van der Waals surface area contributed by atoms with Gasteiger partial charge < -0.3 is 0 Å². The molecule has 2 rings (SSSR count).